The molecule has 2 aromatic carbocycles. The molecule has 0 bridgehead atoms. The van der Waals surface area contributed by atoms with Crippen LogP contribution in [0.15, 0.2) is 97.5 Å². The van der Waals surface area contributed by atoms with Crippen molar-refractivity contribution in [3.63, 3.8) is 0 Å². The Balaban J connectivity index is -0.000000229. The number of fused-ring (bicyclic) bond motifs is 2. The highest BCUT2D eigenvalue weighted by Gasteiger charge is 2.30. The molecular weight excluding hydrogens is 817 g/mol. The molecule has 9 heteroatoms. The number of pyridine rings is 3. The van der Waals surface area contributed by atoms with E-state index in [4.69, 9.17) is 9.47 Å². The highest BCUT2D eigenvalue weighted by molar-refractivity contribution is 5.78. The smallest absolute Gasteiger partial charge is 0.225 e. The molecule has 7 rings (SSSR count). The van der Waals surface area contributed by atoms with Crippen LogP contribution in [0, 0.1) is 60.3 Å². The number of hydrogen-bond acceptors (Lipinski definition) is 8. The summed E-state index contributed by atoms with van der Waals surface area (Å²) >= 11 is 0. The summed E-state index contributed by atoms with van der Waals surface area (Å²) in [6.07, 6.45) is 5.40. The van der Waals surface area contributed by atoms with E-state index >= 15 is 0 Å². The maximum absolute atomic E-state index is 11.4. The highest BCUT2D eigenvalue weighted by Crippen LogP contribution is 2.46. The lowest BCUT2D eigenvalue weighted by molar-refractivity contribution is -0.138. The molecule has 0 aliphatic carbocycles. The predicted molar refractivity (Wildman–Crippen MR) is 291 cm³/mol. The van der Waals surface area contributed by atoms with Crippen LogP contribution in [-0.4, -0.2) is 79.2 Å². The minimum Gasteiger partial charge on any atom is -0.438 e. The summed E-state index contributed by atoms with van der Waals surface area (Å²) in [6, 6.07) is 27.6. The van der Waals surface area contributed by atoms with E-state index < -0.39 is 0 Å². The summed E-state index contributed by atoms with van der Waals surface area (Å²) in [6.45, 7) is 30.0. The summed E-state index contributed by atoms with van der Waals surface area (Å²) in [5.74, 6) is 2.98. The number of aryl methyl sites for hydroxylation is 7. The third-order valence-corrected chi connectivity index (χ3v) is 9.45. The van der Waals surface area contributed by atoms with Gasteiger partial charge in [0.15, 0.2) is 0 Å². The summed E-state index contributed by atoms with van der Waals surface area (Å²) in [7, 11) is 5.70. The third-order valence-electron chi connectivity index (χ3n) is 9.45. The lowest BCUT2D eigenvalue weighted by atomic mass is 9.81. The van der Waals surface area contributed by atoms with Crippen molar-refractivity contribution in [2.24, 2.45) is 11.8 Å². The van der Waals surface area contributed by atoms with Gasteiger partial charge in [0, 0.05) is 72.1 Å². The monoisotopic (exact) mass is 915 g/mol. The van der Waals surface area contributed by atoms with Gasteiger partial charge in [-0.05, 0) is 134 Å². The molecule has 1 fully saturated rings. The number of nitrogens with one attached hydrogen (secondary N) is 2. The third kappa shape index (κ3) is 28.2. The minimum absolute atomic E-state index is 0. The SMILES string of the molecule is C.C.C.C.C.CC(C)C(=O)N1CCOCC1.CNC.CNC(C)C.Cc1ccc(C)c(C)c1.Cc1ccc2c(n1)Oc1ccccc1C2C(C)C.Cc1ccnc(C)c1.Cc1ccncc1. The topological polar surface area (TPSA) is 102 Å². The zero-order valence-electron chi connectivity index (χ0n) is 40.4. The van der Waals surface area contributed by atoms with Crippen molar-refractivity contribution in [1.82, 2.24) is 30.5 Å². The second kappa shape index (κ2) is 39.2. The maximum atomic E-state index is 11.4. The molecule has 0 spiro atoms. The van der Waals surface area contributed by atoms with E-state index in [1.807, 2.05) is 97.2 Å². The van der Waals surface area contributed by atoms with E-state index in [0.717, 1.165) is 36.1 Å². The molecule has 0 saturated carbocycles. The van der Waals surface area contributed by atoms with Crippen LogP contribution in [0.1, 0.15) is 135 Å². The number of ether oxygens (including phenoxy) is 2. The van der Waals surface area contributed by atoms with Gasteiger partial charge in [0.25, 0.3) is 0 Å². The Kier molecular flexibility index (Phi) is 41.6. The fourth-order valence-electron chi connectivity index (χ4n) is 5.84. The van der Waals surface area contributed by atoms with Crippen LogP contribution in [0.2, 0.25) is 0 Å². The van der Waals surface area contributed by atoms with Crippen LogP contribution < -0.4 is 15.4 Å². The standard InChI is InChI=1S/C16H17NO.C9H12.C8H15NO2.C7H9N.C6H7N.C4H11N.C2H7N.5CH4/c1-10(2)15-12-6-4-5-7-14(12)18-16-13(15)9-8-11(3)17-16;1-7-4-5-8(2)9(3)6-7;1-7(2)8(10)9-3-5-11-6-4-9;1-6-3-4-8-7(2)5-6;1-6-2-4-7-5-3-6;1-4(2)5-3;1-3-2;;;;;/h4-10,15H,1-3H3;4-6H,1-3H3;7H,3-6H2,1-2H3;3-5H,1-2H3;2-5H,1H3;4-5H,1-3H3;3H,1-2H3;5*1H4. The van der Waals surface area contributed by atoms with Gasteiger partial charge >= 0.3 is 0 Å². The fraction of sp³-hybridized carbons (Fsp3) is 0.509. The molecule has 2 aliphatic rings. The number of carbonyl (C=O) groups excluding carboxylic acids is 1. The van der Waals surface area contributed by atoms with Crippen LogP contribution >= 0.6 is 0 Å². The summed E-state index contributed by atoms with van der Waals surface area (Å²) in [5, 5.41) is 5.78. The molecule has 1 atom stereocenters. The Morgan fingerprint density at radius 3 is 1.59 bits per heavy atom. The Morgan fingerprint density at radius 1 is 0.636 bits per heavy atom. The summed E-state index contributed by atoms with van der Waals surface area (Å²) in [4.78, 5) is 25.6. The number of hydrogen-bond donors (Lipinski definition) is 2. The number of amides is 1. The van der Waals surface area contributed by atoms with E-state index in [9.17, 15) is 4.79 Å². The number of aromatic nitrogens is 3. The zero-order chi connectivity index (χ0) is 45.9. The number of nitrogens with zero attached hydrogens (tertiary/aromatic N) is 4. The number of rotatable bonds is 3. The summed E-state index contributed by atoms with van der Waals surface area (Å²) < 4.78 is 11.1. The van der Waals surface area contributed by atoms with Gasteiger partial charge < -0.3 is 25.0 Å². The normalized spacial score (nSPS) is 12.2. The van der Waals surface area contributed by atoms with Crippen LogP contribution in [0.5, 0.6) is 11.6 Å². The highest BCUT2D eigenvalue weighted by atomic mass is 16.5. The van der Waals surface area contributed by atoms with Gasteiger partial charge in [0.1, 0.15) is 5.75 Å². The Morgan fingerprint density at radius 2 is 1.17 bits per heavy atom. The van der Waals surface area contributed by atoms with E-state index in [0.29, 0.717) is 31.1 Å². The first-order chi connectivity index (χ1) is 28.9. The molecule has 9 nitrogen and oxygen atoms in total. The predicted octanol–water partition coefficient (Wildman–Crippen LogP) is 14.1. The molecule has 2 aliphatic heterocycles. The van der Waals surface area contributed by atoms with Crippen LogP contribution in [0.25, 0.3) is 0 Å². The molecule has 1 amide bonds. The summed E-state index contributed by atoms with van der Waals surface area (Å²) in [5.41, 5.74) is 11.2. The number of carbonyl (C=O) groups is 1. The van der Waals surface area contributed by atoms with Crippen molar-refractivity contribution in [1.29, 1.82) is 0 Å². The van der Waals surface area contributed by atoms with E-state index in [1.54, 1.807) is 12.4 Å². The van der Waals surface area contributed by atoms with Gasteiger partial charge in [-0.2, -0.15) is 0 Å². The van der Waals surface area contributed by atoms with Gasteiger partial charge in [-0.1, -0.05) is 127 Å². The van der Waals surface area contributed by atoms with Gasteiger partial charge in [0.05, 0.1) is 13.2 Å². The molecule has 1 unspecified atom stereocenters. The largest absolute Gasteiger partial charge is 0.438 e. The first-order valence-corrected chi connectivity index (χ1v) is 21.6. The first-order valence-electron chi connectivity index (χ1n) is 21.6. The molecule has 3 aromatic heterocycles. The Hall–Kier alpha value is -4.96. The van der Waals surface area contributed by atoms with Crippen molar-refractivity contribution in [2.75, 3.05) is 47.4 Å². The zero-order valence-corrected chi connectivity index (χ0v) is 40.4. The van der Waals surface area contributed by atoms with E-state index in [2.05, 4.69) is 130 Å². The first kappa shape index (κ1) is 70.1. The van der Waals surface area contributed by atoms with Crippen molar-refractivity contribution in [3.8, 4) is 11.6 Å². The Bertz CT molecular complexity index is 1930. The molecule has 66 heavy (non-hydrogen) atoms. The lowest BCUT2D eigenvalue weighted by Gasteiger charge is -2.30. The fourth-order valence-corrected chi connectivity index (χ4v) is 5.84. The van der Waals surface area contributed by atoms with Gasteiger partial charge in [0.2, 0.25) is 11.8 Å². The van der Waals surface area contributed by atoms with Crippen LogP contribution in [-0.2, 0) is 9.53 Å². The molecular formula is C57H98N6O3. The van der Waals surface area contributed by atoms with Crippen molar-refractivity contribution in [2.45, 2.75) is 139 Å². The molecule has 0 radical (unpaired) electrons. The van der Waals surface area contributed by atoms with Gasteiger partial charge in [-0.25, -0.2) is 4.98 Å². The maximum Gasteiger partial charge on any atom is 0.225 e. The quantitative estimate of drug-likeness (QED) is 0.185. The number of para-hydroxylation sites is 1. The Labute approximate surface area is 407 Å². The average molecular weight is 915 g/mol. The van der Waals surface area contributed by atoms with Gasteiger partial charge in [-0.3, -0.25) is 14.8 Å². The molecule has 2 N–H and O–H groups in total. The van der Waals surface area contributed by atoms with E-state index in [-0.39, 0.29) is 49.0 Å². The number of morpholine rings is 1. The average Bonchev–Trinajstić information content (AvgIpc) is 3.23. The van der Waals surface area contributed by atoms with Crippen LogP contribution in [0.4, 0.5) is 0 Å². The van der Waals surface area contributed by atoms with Crippen LogP contribution in [0.3, 0.4) is 0 Å². The lowest BCUT2D eigenvalue weighted by Crippen LogP contribution is -2.42. The molecule has 5 aromatic rings. The molecule has 374 valence electrons. The molecule has 5 heterocycles. The number of benzene rings is 2. The second-order valence-corrected chi connectivity index (χ2v) is 16.3. The minimum atomic E-state index is 0. The van der Waals surface area contributed by atoms with Gasteiger partial charge in [-0.15, -0.1) is 0 Å². The van der Waals surface area contributed by atoms with Crippen molar-refractivity contribution in [3.05, 3.63) is 148 Å². The van der Waals surface area contributed by atoms with E-state index in [1.165, 1.54) is 38.9 Å². The van der Waals surface area contributed by atoms with Crippen molar-refractivity contribution < 1.29 is 14.3 Å². The molecule has 1 saturated heterocycles. The van der Waals surface area contributed by atoms with Crippen molar-refractivity contribution >= 4 is 5.91 Å². The second-order valence-electron chi connectivity index (χ2n) is 16.3.